The van der Waals surface area contributed by atoms with Gasteiger partial charge in [-0.1, -0.05) is 0 Å². The quantitative estimate of drug-likeness (QED) is 0.367. The topological polar surface area (TPSA) is 128 Å². The molecule has 0 rings (SSSR count). The van der Waals surface area contributed by atoms with Gasteiger partial charge in [-0.25, -0.2) is 0 Å². The lowest BCUT2D eigenvalue weighted by atomic mass is 10.7. The van der Waals surface area contributed by atoms with Crippen molar-refractivity contribution in [3.8, 4) is 0 Å². The summed E-state index contributed by atoms with van der Waals surface area (Å²) in [6.07, 6.45) is 0. The first kappa shape index (κ1) is 14.2. The maximum atomic E-state index is 10.7. The van der Waals surface area contributed by atoms with E-state index in [4.69, 9.17) is 19.6 Å². The van der Waals surface area contributed by atoms with E-state index in [1.54, 1.807) is 0 Å². The molecule has 0 bridgehead atoms. The predicted molar refractivity (Wildman–Crippen MR) is 47.5 cm³/mol. The summed E-state index contributed by atoms with van der Waals surface area (Å²) < 4.78 is 21.5. The van der Waals surface area contributed by atoms with E-state index in [1.807, 2.05) is 0 Å². The summed E-state index contributed by atoms with van der Waals surface area (Å²) in [5.41, 5.74) is 0. The fraction of sp³-hybridized carbons (Fsp3) is 1.00. The molecular formula is C4H13NO7P2. The van der Waals surface area contributed by atoms with Crippen LogP contribution in [0.1, 0.15) is 0 Å². The Balaban J connectivity index is 4.78. The zero-order valence-electron chi connectivity index (χ0n) is 7.64. The molecule has 0 aliphatic carbocycles. The van der Waals surface area contributed by atoms with Crippen LogP contribution >= 0.6 is 15.2 Å². The van der Waals surface area contributed by atoms with Crippen molar-refractivity contribution in [3.63, 3.8) is 0 Å². The maximum Gasteiger partial charge on any atom is 0.342 e. The molecule has 0 unspecified atom stereocenters. The molecule has 10 heteroatoms. The maximum absolute atomic E-state index is 10.7. The van der Waals surface area contributed by atoms with E-state index in [0.29, 0.717) is 0 Å². The molecule has 0 aromatic rings. The minimum Gasteiger partial charge on any atom is -0.324 e. The van der Waals surface area contributed by atoms with Crippen LogP contribution < -0.4 is 0 Å². The van der Waals surface area contributed by atoms with E-state index in [0.717, 1.165) is 5.06 Å². The highest BCUT2D eigenvalue weighted by Gasteiger charge is 2.44. The second kappa shape index (κ2) is 4.83. The van der Waals surface area contributed by atoms with Crippen molar-refractivity contribution in [3.05, 3.63) is 0 Å². The van der Waals surface area contributed by atoms with E-state index < -0.39 is 27.1 Å². The molecular weight excluding hydrogens is 236 g/mol. The molecule has 0 saturated carbocycles. The Morgan fingerprint density at radius 3 is 1.79 bits per heavy atom. The molecule has 0 spiro atoms. The monoisotopic (exact) mass is 249 g/mol. The third kappa shape index (κ3) is 4.63. The average molecular weight is 249 g/mol. The number of nitrogens with zero attached hydrogens (tertiary/aromatic N) is 1. The van der Waals surface area contributed by atoms with Crippen LogP contribution in [-0.4, -0.2) is 50.7 Å². The highest BCUT2D eigenvalue weighted by atomic mass is 31.2. The minimum absolute atomic E-state index is 0.551. The fourth-order valence-corrected chi connectivity index (χ4v) is 3.17. The summed E-state index contributed by atoms with van der Waals surface area (Å²) >= 11 is 0. The van der Waals surface area contributed by atoms with Crippen molar-refractivity contribution in [2.75, 3.05) is 20.7 Å². The van der Waals surface area contributed by atoms with Crippen molar-refractivity contribution in [1.29, 1.82) is 0 Å². The van der Waals surface area contributed by atoms with Gasteiger partial charge in [-0.3, -0.25) is 9.13 Å². The van der Waals surface area contributed by atoms with Crippen LogP contribution in [-0.2, 0) is 14.0 Å². The van der Waals surface area contributed by atoms with Crippen LogP contribution in [0.4, 0.5) is 0 Å². The largest absolute Gasteiger partial charge is 0.342 e. The van der Waals surface area contributed by atoms with Crippen molar-refractivity contribution in [2.45, 2.75) is 5.40 Å². The van der Waals surface area contributed by atoms with Crippen molar-refractivity contribution < 1.29 is 33.5 Å². The second-order valence-electron chi connectivity index (χ2n) is 2.65. The summed E-state index contributed by atoms with van der Waals surface area (Å²) in [6.45, 7) is -0.551. The number of hydrogen-bond acceptors (Lipinski definition) is 4. The molecule has 0 heterocycles. The highest BCUT2D eigenvalue weighted by Crippen LogP contribution is 2.59. The van der Waals surface area contributed by atoms with E-state index in [9.17, 15) is 9.13 Å². The molecule has 0 amide bonds. The Morgan fingerprint density at radius 2 is 1.57 bits per heavy atom. The molecule has 8 nitrogen and oxygen atoms in total. The Kier molecular flexibility index (Phi) is 4.90. The lowest BCUT2D eigenvalue weighted by Gasteiger charge is -2.23. The standard InChI is InChI=1S/C4H13NO7P2/c1-5(12-2)3-4(13(6,7)8)14(9,10)11/h4H,3H2,1-2H3,(H2,6,7,8)(H2,9,10,11). The molecule has 0 atom stereocenters. The first-order chi connectivity index (χ1) is 6.09. The predicted octanol–water partition coefficient (Wildman–Crippen LogP) is -0.839. The molecule has 0 fully saturated rings. The summed E-state index contributed by atoms with van der Waals surface area (Å²) in [5.74, 6) is 0. The molecule has 0 aromatic carbocycles. The van der Waals surface area contributed by atoms with Gasteiger partial charge in [-0.2, -0.15) is 5.06 Å². The molecule has 4 N–H and O–H groups in total. The van der Waals surface area contributed by atoms with Crippen LogP contribution in [0.15, 0.2) is 0 Å². The lowest BCUT2D eigenvalue weighted by molar-refractivity contribution is -0.107. The summed E-state index contributed by atoms with van der Waals surface area (Å²) in [7, 11) is -7.18. The first-order valence-electron chi connectivity index (χ1n) is 3.44. The van der Waals surface area contributed by atoms with Gasteiger partial charge in [0.1, 0.15) is 0 Å². The normalized spacial score (nSPS) is 14.0. The van der Waals surface area contributed by atoms with Gasteiger partial charge in [0, 0.05) is 13.6 Å². The van der Waals surface area contributed by atoms with Gasteiger partial charge in [-0.15, -0.1) is 0 Å². The van der Waals surface area contributed by atoms with Crippen LogP contribution in [0.3, 0.4) is 0 Å². The Hall–Kier alpha value is 0.220. The SMILES string of the molecule is CON(C)CC(P(=O)(O)O)P(=O)(O)O. The van der Waals surface area contributed by atoms with Gasteiger partial charge in [0.2, 0.25) is 0 Å². The summed E-state index contributed by atoms with van der Waals surface area (Å²) in [6, 6.07) is 0. The lowest BCUT2D eigenvalue weighted by Crippen LogP contribution is -2.28. The van der Waals surface area contributed by atoms with Gasteiger partial charge in [0.05, 0.1) is 7.11 Å². The first-order valence-corrected chi connectivity index (χ1v) is 6.81. The van der Waals surface area contributed by atoms with Crippen molar-refractivity contribution >= 4 is 15.2 Å². The number of rotatable bonds is 5. The zero-order valence-corrected chi connectivity index (χ0v) is 9.43. The molecule has 0 radical (unpaired) electrons. The molecule has 0 aromatic heterocycles. The van der Waals surface area contributed by atoms with Gasteiger partial charge >= 0.3 is 15.2 Å². The second-order valence-corrected chi connectivity index (χ2v) is 6.66. The molecule has 14 heavy (non-hydrogen) atoms. The van der Waals surface area contributed by atoms with E-state index >= 15 is 0 Å². The highest BCUT2D eigenvalue weighted by molar-refractivity contribution is 7.70. The number of hydroxylamine groups is 2. The van der Waals surface area contributed by atoms with E-state index in [2.05, 4.69) is 4.84 Å². The van der Waals surface area contributed by atoms with Gasteiger partial charge in [0.25, 0.3) is 0 Å². The molecule has 0 aliphatic rings. The van der Waals surface area contributed by atoms with Crippen LogP contribution in [0, 0.1) is 0 Å². The minimum atomic E-state index is -4.85. The van der Waals surface area contributed by atoms with Gasteiger partial charge in [0.15, 0.2) is 5.40 Å². The van der Waals surface area contributed by atoms with Crippen LogP contribution in [0.25, 0.3) is 0 Å². The molecule has 86 valence electrons. The van der Waals surface area contributed by atoms with E-state index in [-0.39, 0.29) is 0 Å². The van der Waals surface area contributed by atoms with Crippen LogP contribution in [0.5, 0.6) is 0 Å². The number of hydrogen-bond donors (Lipinski definition) is 4. The van der Waals surface area contributed by atoms with Crippen molar-refractivity contribution in [2.24, 2.45) is 0 Å². The third-order valence-electron chi connectivity index (χ3n) is 1.51. The molecule has 0 saturated heterocycles. The fourth-order valence-electron chi connectivity index (χ4n) is 0.713. The van der Waals surface area contributed by atoms with Gasteiger partial charge < -0.3 is 24.4 Å². The summed E-state index contributed by atoms with van der Waals surface area (Å²) in [5, 5.41) is -1.12. The Morgan fingerprint density at radius 1 is 1.21 bits per heavy atom. The third-order valence-corrected chi connectivity index (χ3v) is 5.19. The van der Waals surface area contributed by atoms with E-state index in [1.165, 1.54) is 14.2 Å². The van der Waals surface area contributed by atoms with Gasteiger partial charge in [-0.05, 0) is 0 Å². The Labute approximate surface area is 80.8 Å². The smallest absolute Gasteiger partial charge is 0.324 e. The zero-order chi connectivity index (χ0) is 11.6. The Bertz CT molecular complexity index is 247. The summed E-state index contributed by atoms with van der Waals surface area (Å²) in [4.78, 5) is 39.3. The van der Waals surface area contributed by atoms with Crippen molar-refractivity contribution in [1.82, 2.24) is 5.06 Å². The average Bonchev–Trinajstić information content (AvgIpc) is 1.95. The van der Waals surface area contributed by atoms with Crippen LogP contribution in [0.2, 0.25) is 0 Å². The molecule has 0 aliphatic heterocycles.